The van der Waals surface area contributed by atoms with Gasteiger partial charge in [0.15, 0.2) is 4.80 Å². The minimum atomic E-state index is -0.822. The van der Waals surface area contributed by atoms with Crippen molar-refractivity contribution in [1.82, 2.24) is 4.57 Å². The zero-order chi connectivity index (χ0) is 29.0. The number of carbonyl (C=O) groups is 1. The number of methoxy groups -OCH3 is 2. The molecule has 0 saturated heterocycles. The van der Waals surface area contributed by atoms with Gasteiger partial charge in [-0.3, -0.25) is 9.36 Å². The molecule has 40 heavy (non-hydrogen) atoms. The van der Waals surface area contributed by atoms with Crippen LogP contribution in [-0.2, 0) is 9.53 Å². The molecular weight excluding hydrogens is 600 g/mol. The van der Waals surface area contributed by atoms with E-state index in [9.17, 15) is 9.59 Å². The molecule has 0 saturated carbocycles. The van der Waals surface area contributed by atoms with Gasteiger partial charge in [-0.1, -0.05) is 11.3 Å². The number of fused-ring (bicyclic) bond motifs is 1. The maximum Gasteiger partial charge on any atom is 0.338 e. The highest BCUT2D eigenvalue weighted by Gasteiger charge is 2.35. The smallest absolute Gasteiger partial charge is 0.338 e. The number of ether oxygens (including phenoxy) is 5. The summed E-state index contributed by atoms with van der Waals surface area (Å²) in [6, 6.07) is 8.10. The third-order valence-corrected chi connectivity index (χ3v) is 7.81. The molecular formula is C29H31BrN2O7S. The minimum absolute atomic E-state index is 0.180. The normalized spacial score (nSPS) is 14.9. The molecule has 1 aliphatic heterocycles. The summed E-state index contributed by atoms with van der Waals surface area (Å²) in [5, 5.41) is 0. The standard InChI is InChI=1S/C29H31BrN2O7S/c1-7-37-21-15-23(38-8-2)20(30)12-17(21)13-24-27(33)32-26(19-11-10-18(35-5)14-22(19)36-6)25(28(34)39-9-3)16(4)31-29(32)40-24/h10-15,26H,7-9H2,1-6H3/b24-13-/t26-/m1/s1. The van der Waals surface area contributed by atoms with Crippen LogP contribution in [0.15, 0.2) is 55.9 Å². The summed E-state index contributed by atoms with van der Waals surface area (Å²) >= 11 is 4.78. The number of benzene rings is 2. The van der Waals surface area contributed by atoms with Gasteiger partial charge in [0.25, 0.3) is 5.56 Å². The second kappa shape index (κ2) is 12.7. The van der Waals surface area contributed by atoms with Gasteiger partial charge in [0.1, 0.15) is 29.0 Å². The van der Waals surface area contributed by atoms with Crippen LogP contribution in [0.3, 0.4) is 0 Å². The number of hydrogen-bond donors (Lipinski definition) is 0. The molecule has 0 spiro atoms. The lowest BCUT2D eigenvalue weighted by atomic mass is 9.95. The van der Waals surface area contributed by atoms with Crippen LogP contribution in [0, 0.1) is 0 Å². The number of rotatable bonds is 10. The zero-order valence-corrected chi connectivity index (χ0v) is 25.6. The first-order valence-electron chi connectivity index (χ1n) is 12.8. The minimum Gasteiger partial charge on any atom is -0.497 e. The lowest BCUT2D eigenvalue weighted by Crippen LogP contribution is -2.40. The summed E-state index contributed by atoms with van der Waals surface area (Å²) in [4.78, 5) is 32.4. The molecule has 0 unspecified atom stereocenters. The molecule has 11 heteroatoms. The maximum atomic E-state index is 14.0. The van der Waals surface area contributed by atoms with Crippen molar-refractivity contribution in [3.05, 3.63) is 76.9 Å². The van der Waals surface area contributed by atoms with Crippen LogP contribution in [0.2, 0.25) is 0 Å². The van der Waals surface area contributed by atoms with E-state index in [1.54, 1.807) is 51.3 Å². The summed E-state index contributed by atoms with van der Waals surface area (Å²) in [7, 11) is 3.09. The number of aromatic nitrogens is 1. The fraction of sp³-hybridized carbons (Fsp3) is 0.345. The molecule has 4 rings (SSSR count). The molecule has 1 atom stereocenters. The molecule has 2 heterocycles. The van der Waals surface area contributed by atoms with E-state index in [0.717, 1.165) is 4.47 Å². The van der Waals surface area contributed by atoms with Crippen LogP contribution in [0.1, 0.15) is 44.9 Å². The van der Waals surface area contributed by atoms with Crippen molar-refractivity contribution in [2.75, 3.05) is 34.0 Å². The zero-order valence-electron chi connectivity index (χ0n) is 23.2. The number of carbonyl (C=O) groups excluding carboxylic acids is 1. The van der Waals surface area contributed by atoms with E-state index in [1.807, 2.05) is 19.9 Å². The maximum absolute atomic E-state index is 14.0. The predicted molar refractivity (Wildman–Crippen MR) is 156 cm³/mol. The van der Waals surface area contributed by atoms with Gasteiger partial charge in [0.2, 0.25) is 0 Å². The molecule has 212 valence electrons. The Morgan fingerprint density at radius 1 is 1.02 bits per heavy atom. The third-order valence-electron chi connectivity index (χ3n) is 6.20. The van der Waals surface area contributed by atoms with Crippen molar-refractivity contribution in [2.24, 2.45) is 4.99 Å². The summed E-state index contributed by atoms with van der Waals surface area (Å²) < 4.78 is 30.7. The number of halogens is 1. The van der Waals surface area contributed by atoms with Crippen LogP contribution < -0.4 is 33.8 Å². The molecule has 0 radical (unpaired) electrons. The highest BCUT2D eigenvalue weighted by atomic mass is 79.9. The molecule has 2 aromatic carbocycles. The summed E-state index contributed by atoms with van der Waals surface area (Å²) in [5.74, 6) is 1.72. The van der Waals surface area contributed by atoms with Gasteiger partial charge >= 0.3 is 5.97 Å². The lowest BCUT2D eigenvalue weighted by Gasteiger charge is -2.26. The van der Waals surface area contributed by atoms with Crippen molar-refractivity contribution < 1.29 is 28.5 Å². The molecule has 0 N–H and O–H groups in total. The van der Waals surface area contributed by atoms with E-state index in [1.165, 1.54) is 23.0 Å². The average molecular weight is 632 g/mol. The van der Waals surface area contributed by atoms with E-state index in [-0.39, 0.29) is 17.7 Å². The first-order chi connectivity index (χ1) is 19.3. The van der Waals surface area contributed by atoms with Crippen molar-refractivity contribution in [3.63, 3.8) is 0 Å². The van der Waals surface area contributed by atoms with Crippen molar-refractivity contribution >= 4 is 39.3 Å². The number of esters is 1. The lowest BCUT2D eigenvalue weighted by molar-refractivity contribution is -0.139. The highest BCUT2D eigenvalue weighted by Crippen LogP contribution is 2.38. The first-order valence-corrected chi connectivity index (χ1v) is 14.4. The SMILES string of the molecule is CCOC(=O)C1=C(C)N=c2s/c(=C\c3cc(Br)c(OCC)cc3OCC)c(=O)n2[C@@H]1c1ccc(OC)cc1OC. The van der Waals surface area contributed by atoms with Crippen LogP contribution in [0.25, 0.3) is 6.08 Å². The summed E-state index contributed by atoms with van der Waals surface area (Å²) in [6.07, 6.45) is 1.76. The molecule has 0 fully saturated rings. The van der Waals surface area contributed by atoms with Crippen LogP contribution in [0.5, 0.6) is 23.0 Å². The van der Waals surface area contributed by atoms with Crippen LogP contribution >= 0.6 is 27.3 Å². The Bertz CT molecular complexity index is 1640. The fourth-order valence-corrected chi connectivity index (χ4v) is 5.99. The van der Waals surface area contributed by atoms with Gasteiger partial charge in [-0.05, 0) is 67.9 Å². The molecule has 0 amide bonds. The largest absolute Gasteiger partial charge is 0.497 e. The quantitative estimate of drug-likeness (QED) is 0.307. The van der Waals surface area contributed by atoms with Crippen molar-refractivity contribution in [3.8, 4) is 23.0 Å². The van der Waals surface area contributed by atoms with E-state index in [4.69, 9.17) is 23.7 Å². The average Bonchev–Trinajstić information content (AvgIpc) is 3.24. The van der Waals surface area contributed by atoms with Crippen LogP contribution in [0.4, 0.5) is 0 Å². The topological polar surface area (TPSA) is 97.6 Å². The van der Waals surface area contributed by atoms with E-state index in [2.05, 4.69) is 20.9 Å². The number of thiazole rings is 1. The Labute approximate surface area is 244 Å². The second-order valence-corrected chi connectivity index (χ2v) is 10.5. The molecule has 0 aliphatic carbocycles. The van der Waals surface area contributed by atoms with Crippen molar-refractivity contribution in [2.45, 2.75) is 33.7 Å². The Balaban J connectivity index is 1.98. The highest BCUT2D eigenvalue weighted by molar-refractivity contribution is 9.10. The first kappa shape index (κ1) is 29.4. The summed E-state index contributed by atoms with van der Waals surface area (Å²) in [5.41, 5.74) is 1.72. The number of allylic oxidation sites excluding steroid dienone is 1. The van der Waals surface area contributed by atoms with E-state index in [0.29, 0.717) is 62.4 Å². The van der Waals surface area contributed by atoms with Gasteiger partial charge in [-0.15, -0.1) is 0 Å². The Morgan fingerprint density at radius 2 is 1.75 bits per heavy atom. The Morgan fingerprint density at radius 3 is 2.40 bits per heavy atom. The molecule has 1 aromatic heterocycles. The van der Waals surface area contributed by atoms with Gasteiger partial charge < -0.3 is 23.7 Å². The molecule has 3 aromatic rings. The van der Waals surface area contributed by atoms with E-state index < -0.39 is 12.0 Å². The predicted octanol–water partition coefficient (Wildman–Crippen LogP) is 4.38. The Kier molecular flexibility index (Phi) is 9.36. The van der Waals surface area contributed by atoms with Gasteiger partial charge in [-0.25, -0.2) is 9.79 Å². The van der Waals surface area contributed by atoms with Gasteiger partial charge in [0, 0.05) is 23.3 Å². The molecule has 0 bridgehead atoms. The van der Waals surface area contributed by atoms with Crippen molar-refractivity contribution in [1.29, 1.82) is 0 Å². The second-order valence-electron chi connectivity index (χ2n) is 8.60. The third kappa shape index (κ3) is 5.66. The number of nitrogens with zero attached hydrogens (tertiary/aromatic N) is 2. The fourth-order valence-electron chi connectivity index (χ4n) is 4.48. The number of hydrogen-bond acceptors (Lipinski definition) is 9. The van der Waals surface area contributed by atoms with Crippen LogP contribution in [-0.4, -0.2) is 44.6 Å². The Hall–Kier alpha value is -3.57. The monoisotopic (exact) mass is 630 g/mol. The van der Waals surface area contributed by atoms with Gasteiger partial charge in [0.05, 0.1) is 54.3 Å². The summed E-state index contributed by atoms with van der Waals surface area (Å²) in [6.45, 7) is 8.39. The molecule has 1 aliphatic rings. The van der Waals surface area contributed by atoms with E-state index >= 15 is 0 Å². The molecule has 9 nitrogen and oxygen atoms in total. The van der Waals surface area contributed by atoms with Gasteiger partial charge in [-0.2, -0.15) is 0 Å².